The van der Waals surface area contributed by atoms with Gasteiger partial charge in [0.1, 0.15) is 11.6 Å². The van der Waals surface area contributed by atoms with E-state index in [4.69, 9.17) is 4.74 Å². The van der Waals surface area contributed by atoms with Gasteiger partial charge in [-0.15, -0.1) is 0 Å². The molecule has 27 heavy (non-hydrogen) atoms. The molecule has 1 amide bonds. The van der Waals surface area contributed by atoms with Crippen molar-refractivity contribution in [2.75, 3.05) is 37.7 Å². The van der Waals surface area contributed by atoms with Crippen molar-refractivity contribution in [3.63, 3.8) is 0 Å². The molecule has 0 radical (unpaired) electrons. The molecule has 1 saturated heterocycles. The van der Waals surface area contributed by atoms with Crippen molar-refractivity contribution < 1.29 is 27.1 Å². The maximum Gasteiger partial charge on any atom is 0.416 e. The normalized spacial score (nSPS) is 15.0. The Morgan fingerprint density at radius 3 is 2.19 bits per heavy atom. The first kappa shape index (κ1) is 19.0. The van der Waals surface area contributed by atoms with Gasteiger partial charge in [0, 0.05) is 26.2 Å². The Morgan fingerprint density at radius 1 is 0.963 bits per heavy atom. The predicted molar refractivity (Wildman–Crippen MR) is 92.1 cm³/mol. The first-order valence-electron chi connectivity index (χ1n) is 8.42. The van der Waals surface area contributed by atoms with Crippen LogP contribution in [0.5, 0.6) is 5.75 Å². The third kappa shape index (κ3) is 4.69. The molecule has 0 saturated carbocycles. The van der Waals surface area contributed by atoms with Crippen molar-refractivity contribution >= 4 is 11.6 Å². The molecule has 2 aromatic carbocycles. The third-order valence-corrected chi connectivity index (χ3v) is 4.37. The summed E-state index contributed by atoms with van der Waals surface area (Å²) in [6, 6.07) is 10.7. The highest BCUT2D eigenvalue weighted by atomic mass is 19.4. The minimum absolute atomic E-state index is 0.196. The summed E-state index contributed by atoms with van der Waals surface area (Å²) in [5.74, 6) is -0.368. The summed E-state index contributed by atoms with van der Waals surface area (Å²) in [7, 11) is 0. The summed E-state index contributed by atoms with van der Waals surface area (Å²) in [5, 5.41) is 0. The van der Waals surface area contributed by atoms with E-state index in [1.165, 1.54) is 18.2 Å². The van der Waals surface area contributed by atoms with Crippen LogP contribution in [-0.2, 0) is 11.0 Å². The van der Waals surface area contributed by atoms with E-state index in [2.05, 4.69) is 0 Å². The van der Waals surface area contributed by atoms with E-state index in [-0.39, 0.29) is 24.1 Å². The minimum atomic E-state index is -4.41. The molecule has 0 N–H and O–H groups in total. The number of alkyl halides is 3. The van der Waals surface area contributed by atoms with E-state index in [1.54, 1.807) is 23.1 Å². The van der Waals surface area contributed by atoms with Crippen LogP contribution in [0.1, 0.15) is 5.56 Å². The van der Waals surface area contributed by atoms with Crippen molar-refractivity contribution in [3.8, 4) is 5.75 Å². The van der Waals surface area contributed by atoms with E-state index in [1.807, 2.05) is 4.90 Å². The molecule has 2 aromatic rings. The maximum atomic E-state index is 13.8. The lowest BCUT2D eigenvalue weighted by atomic mass is 10.2. The number of halogens is 4. The van der Waals surface area contributed by atoms with Gasteiger partial charge in [-0.25, -0.2) is 4.39 Å². The van der Waals surface area contributed by atoms with Crippen LogP contribution in [0.15, 0.2) is 48.5 Å². The number of carbonyl (C=O) groups is 1. The van der Waals surface area contributed by atoms with E-state index < -0.39 is 11.7 Å². The Hall–Kier alpha value is -2.77. The molecule has 4 nitrogen and oxygen atoms in total. The van der Waals surface area contributed by atoms with Crippen LogP contribution in [0.25, 0.3) is 0 Å². The van der Waals surface area contributed by atoms with Gasteiger partial charge in [-0.2, -0.15) is 13.2 Å². The molecule has 0 unspecified atom stereocenters. The third-order valence-electron chi connectivity index (χ3n) is 4.37. The SMILES string of the molecule is O=C(COc1ccc(C(F)(F)F)cc1)N1CCN(c2ccccc2F)CC1. The van der Waals surface area contributed by atoms with Gasteiger partial charge in [0.05, 0.1) is 11.3 Å². The Balaban J connectivity index is 1.49. The van der Waals surface area contributed by atoms with Gasteiger partial charge in [0.2, 0.25) is 0 Å². The molecule has 1 aliphatic rings. The molecule has 1 heterocycles. The van der Waals surface area contributed by atoms with Crippen LogP contribution in [0, 0.1) is 5.82 Å². The predicted octanol–water partition coefficient (Wildman–Crippen LogP) is 3.57. The van der Waals surface area contributed by atoms with E-state index >= 15 is 0 Å². The molecule has 144 valence electrons. The highest BCUT2D eigenvalue weighted by Gasteiger charge is 2.30. The Bertz CT molecular complexity index is 785. The number of ether oxygens (including phenoxy) is 1. The fourth-order valence-electron chi connectivity index (χ4n) is 2.88. The first-order chi connectivity index (χ1) is 12.8. The van der Waals surface area contributed by atoms with Gasteiger partial charge in [0.25, 0.3) is 5.91 Å². The van der Waals surface area contributed by atoms with Crippen molar-refractivity contribution in [1.82, 2.24) is 4.90 Å². The number of anilines is 1. The maximum absolute atomic E-state index is 13.8. The molecule has 0 atom stereocenters. The molecule has 0 aliphatic carbocycles. The Morgan fingerprint density at radius 2 is 1.59 bits per heavy atom. The zero-order valence-electron chi connectivity index (χ0n) is 14.4. The zero-order chi connectivity index (χ0) is 19.4. The molecule has 1 aliphatic heterocycles. The van der Waals surface area contributed by atoms with Crippen LogP contribution in [-0.4, -0.2) is 43.6 Å². The molecule has 0 bridgehead atoms. The second-order valence-electron chi connectivity index (χ2n) is 6.13. The molecule has 3 rings (SSSR count). The number of piperazine rings is 1. The van der Waals surface area contributed by atoms with Crippen LogP contribution in [0.2, 0.25) is 0 Å². The standard InChI is InChI=1S/C19H18F4N2O2/c20-16-3-1-2-4-17(16)24-9-11-25(12-10-24)18(26)13-27-15-7-5-14(6-8-15)19(21,22)23/h1-8H,9-13H2. The second-order valence-corrected chi connectivity index (χ2v) is 6.13. The van der Waals surface area contributed by atoms with Crippen molar-refractivity contribution in [2.24, 2.45) is 0 Å². The molecule has 0 aromatic heterocycles. The average molecular weight is 382 g/mol. The second kappa shape index (κ2) is 7.85. The van der Waals surface area contributed by atoms with Crippen molar-refractivity contribution in [2.45, 2.75) is 6.18 Å². The number of benzene rings is 2. The lowest BCUT2D eigenvalue weighted by Gasteiger charge is -2.36. The minimum Gasteiger partial charge on any atom is -0.484 e. The number of para-hydroxylation sites is 1. The smallest absolute Gasteiger partial charge is 0.416 e. The monoisotopic (exact) mass is 382 g/mol. The lowest BCUT2D eigenvalue weighted by Crippen LogP contribution is -2.50. The van der Waals surface area contributed by atoms with Gasteiger partial charge < -0.3 is 14.5 Å². The van der Waals surface area contributed by atoms with Crippen LogP contribution in [0.3, 0.4) is 0 Å². The molecule has 8 heteroatoms. The van der Waals surface area contributed by atoms with Gasteiger partial charge >= 0.3 is 6.18 Å². The summed E-state index contributed by atoms with van der Waals surface area (Å²) in [5.41, 5.74) is -0.268. The van der Waals surface area contributed by atoms with Crippen LogP contribution < -0.4 is 9.64 Å². The summed E-state index contributed by atoms with van der Waals surface area (Å²) >= 11 is 0. The van der Waals surface area contributed by atoms with Crippen LogP contribution in [0.4, 0.5) is 23.2 Å². The fourth-order valence-corrected chi connectivity index (χ4v) is 2.88. The fraction of sp³-hybridized carbons (Fsp3) is 0.316. The van der Waals surface area contributed by atoms with Gasteiger partial charge in [-0.05, 0) is 36.4 Å². The Labute approximate surface area is 153 Å². The summed E-state index contributed by atoms with van der Waals surface area (Å²) in [4.78, 5) is 15.7. The highest BCUT2D eigenvalue weighted by Crippen LogP contribution is 2.30. The Kier molecular flexibility index (Phi) is 5.53. The number of hydrogen-bond acceptors (Lipinski definition) is 3. The molecular formula is C19H18F4N2O2. The van der Waals surface area contributed by atoms with E-state index in [0.29, 0.717) is 31.9 Å². The summed E-state index contributed by atoms with van der Waals surface area (Å²) in [6.45, 7) is 1.57. The zero-order valence-corrected chi connectivity index (χ0v) is 14.4. The van der Waals surface area contributed by atoms with E-state index in [0.717, 1.165) is 12.1 Å². The molecular weight excluding hydrogens is 364 g/mol. The summed E-state index contributed by atoms with van der Waals surface area (Å²) < 4.78 is 56.7. The molecule has 1 fully saturated rings. The van der Waals surface area contributed by atoms with Crippen LogP contribution >= 0.6 is 0 Å². The van der Waals surface area contributed by atoms with Gasteiger partial charge in [0.15, 0.2) is 6.61 Å². The number of rotatable bonds is 4. The molecule has 0 spiro atoms. The van der Waals surface area contributed by atoms with Gasteiger partial charge in [-0.3, -0.25) is 4.79 Å². The summed E-state index contributed by atoms with van der Waals surface area (Å²) in [6.07, 6.45) is -4.41. The van der Waals surface area contributed by atoms with E-state index in [9.17, 15) is 22.4 Å². The van der Waals surface area contributed by atoms with Crippen molar-refractivity contribution in [3.05, 3.63) is 59.9 Å². The average Bonchev–Trinajstić information content (AvgIpc) is 2.66. The van der Waals surface area contributed by atoms with Gasteiger partial charge in [-0.1, -0.05) is 12.1 Å². The number of carbonyl (C=O) groups excluding carboxylic acids is 1. The number of nitrogens with zero attached hydrogens (tertiary/aromatic N) is 2. The number of amides is 1. The lowest BCUT2D eigenvalue weighted by molar-refractivity contribution is -0.137. The van der Waals surface area contributed by atoms with Crippen molar-refractivity contribution in [1.29, 1.82) is 0 Å². The highest BCUT2D eigenvalue weighted by molar-refractivity contribution is 5.78. The largest absolute Gasteiger partial charge is 0.484 e. The quantitative estimate of drug-likeness (QED) is 0.758. The topological polar surface area (TPSA) is 32.8 Å². The number of hydrogen-bond donors (Lipinski definition) is 0. The first-order valence-corrected chi connectivity index (χ1v) is 8.42.